The molecule has 0 heterocycles. The molecular weight excluding hydrogens is 426 g/mol. The van der Waals surface area contributed by atoms with E-state index in [0.717, 1.165) is 5.56 Å². The zero-order chi connectivity index (χ0) is 17.6. The van der Waals surface area contributed by atoms with Crippen molar-refractivity contribution < 1.29 is 68.4 Å². The van der Waals surface area contributed by atoms with Gasteiger partial charge in [0.2, 0.25) is 0 Å². The molecule has 10 heteroatoms. The summed E-state index contributed by atoms with van der Waals surface area (Å²) in [6, 6.07) is 1.52. The Morgan fingerprint density at radius 2 is 1.96 bits per heavy atom. The number of aryl methyl sites for hydroxylation is 1. The molecule has 0 spiro atoms. The Bertz CT molecular complexity index is 759. The summed E-state index contributed by atoms with van der Waals surface area (Å²) < 4.78 is 64.2. The van der Waals surface area contributed by atoms with E-state index in [2.05, 4.69) is 4.18 Å². The van der Waals surface area contributed by atoms with Gasteiger partial charge >= 0.3 is 21.6 Å². The van der Waals surface area contributed by atoms with Crippen LogP contribution in [-0.4, -0.2) is 25.0 Å². The van der Waals surface area contributed by atoms with Crippen molar-refractivity contribution in [1.29, 1.82) is 0 Å². The second-order valence-electron chi connectivity index (χ2n) is 5.53. The molecule has 2 rings (SSSR count). The van der Waals surface area contributed by atoms with Crippen LogP contribution in [0.1, 0.15) is 41.0 Å². The maximum absolute atomic E-state index is 12.5. The molecule has 0 saturated carbocycles. The largest absolute Gasteiger partial charge is 0.534 e. The minimum atomic E-state index is -5.74. The molecule has 0 fully saturated rings. The summed E-state index contributed by atoms with van der Waals surface area (Å²) in [4.78, 5) is 10.9. The second kappa shape index (κ2) is 7.29. The Labute approximate surface area is 162 Å². The van der Waals surface area contributed by atoms with Gasteiger partial charge in [0, 0.05) is 32.7 Å². The Balaban J connectivity index is 0.00000288. The van der Waals surface area contributed by atoms with Crippen LogP contribution in [0.4, 0.5) is 13.2 Å². The summed E-state index contributed by atoms with van der Waals surface area (Å²) in [5.74, 6) is -1.52. The van der Waals surface area contributed by atoms with Crippen LogP contribution in [0.3, 0.4) is 0 Å². The van der Waals surface area contributed by atoms with E-state index in [1.165, 1.54) is 19.9 Å². The molecule has 1 N–H and O–H groups in total. The first-order valence-corrected chi connectivity index (χ1v) is 8.20. The van der Waals surface area contributed by atoms with Gasteiger partial charge in [-0.3, -0.25) is 4.79 Å². The van der Waals surface area contributed by atoms with Crippen LogP contribution in [0.5, 0.6) is 5.75 Å². The van der Waals surface area contributed by atoms with Gasteiger partial charge in [0.25, 0.3) is 0 Å². The van der Waals surface area contributed by atoms with Gasteiger partial charge in [0.15, 0.2) is 0 Å². The molecule has 1 radical (unpaired) electrons. The Kier molecular flexibility index (Phi) is 6.50. The molecule has 131 valence electrons. The first-order valence-electron chi connectivity index (χ1n) is 6.79. The van der Waals surface area contributed by atoms with Crippen LogP contribution in [0.25, 0.3) is 0 Å². The summed E-state index contributed by atoms with van der Waals surface area (Å²) in [6.07, 6.45) is 0.951. The fourth-order valence-electron chi connectivity index (χ4n) is 2.91. The van der Waals surface area contributed by atoms with Crippen molar-refractivity contribution in [2.75, 3.05) is 0 Å². The maximum atomic E-state index is 12.5. The molecule has 0 aromatic heterocycles. The Hall–Kier alpha value is -0.666. The molecule has 5 nitrogen and oxygen atoms in total. The topological polar surface area (TPSA) is 80.7 Å². The van der Waals surface area contributed by atoms with Crippen molar-refractivity contribution in [3.63, 3.8) is 0 Å². The van der Waals surface area contributed by atoms with Gasteiger partial charge in [-0.05, 0) is 54.9 Å². The summed E-state index contributed by atoms with van der Waals surface area (Å²) in [5.41, 5.74) is -3.57. The molecule has 1 aliphatic carbocycles. The van der Waals surface area contributed by atoms with E-state index in [4.69, 9.17) is 5.11 Å². The first-order chi connectivity index (χ1) is 10.4. The minimum absolute atomic E-state index is 0. The number of carboxylic acids is 1. The van der Waals surface area contributed by atoms with Crippen LogP contribution in [-0.2, 0) is 54.0 Å². The van der Waals surface area contributed by atoms with Gasteiger partial charge in [-0.2, -0.15) is 21.6 Å². The summed E-state index contributed by atoms with van der Waals surface area (Å²) in [7, 11) is -5.74. The molecule has 0 saturated heterocycles. The van der Waals surface area contributed by atoms with Gasteiger partial charge < -0.3 is 9.29 Å². The molecule has 0 bridgehead atoms. The molecule has 1 atom stereocenters. The van der Waals surface area contributed by atoms with Crippen LogP contribution in [0.2, 0.25) is 0 Å². The van der Waals surface area contributed by atoms with Crippen molar-refractivity contribution in [2.24, 2.45) is 0 Å². The minimum Gasteiger partial charge on any atom is -0.481 e. The molecular formula is C14H15F3O5SY. The standard InChI is InChI=1S/C14H15F3O5S.Y/c1-7-5-11-9(6-12(18)19)3-4-10(11)8(2)13(7)22-23(20,21)14(15,16)17;/h5,9H,3-4,6H2,1-2H3,(H,18,19);/t9-;/m0./s1. The second-order valence-corrected chi connectivity index (χ2v) is 7.07. The molecule has 0 aliphatic heterocycles. The zero-order valence-corrected chi connectivity index (χ0v) is 16.6. The number of halogens is 3. The fourth-order valence-corrected chi connectivity index (χ4v) is 3.48. The zero-order valence-electron chi connectivity index (χ0n) is 13.0. The maximum Gasteiger partial charge on any atom is 0.534 e. The van der Waals surface area contributed by atoms with Gasteiger partial charge in [0.05, 0.1) is 6.42 Å². The van der Waals surface area contributed by atoms with Crippen molar-refractivity contribution in [3.05, 3.63) is 28.3 Å². The van der Waals surface area contributed by atoms with Crippen LogP contribution < -0.4 is 4.18 Å². The van der Waals surface area contributed by atoms with Crippen LogP contribution in [0.15, 0.2) is 6.07 Å². The average Bonchev–Trinajstić information content (AvgIpc) is 2.75. The number of fused-ring (bicyclic) bond motifs is 1. The quantitative estimate of drug-likeness (QED) is 0.574. The molecule has 0 unspecified atom stereocenters. The number of carbonyl (C=O) groups is 1. The van der Waals surface area contributed by atoms with E-state index in [9.17, 15) is 26.4 Å². The van der Waals surface area contributed by atoms with Gasteiger partial charge in [-0.15, -0.1) is 0 Å². The molecule has 0 amide bonds. The summed E-state index contributed by atoms with van der Waals surface area (Å²) in [6.45, 7) is 2.92. The third kappa shape index (κ3) is 4.11. The Morgan fingerprint density at radius 3 is 2.46 bits per heavy atom. The van der Waals surface area contributed by atoms with Crippen molar-refractivity contribution in [2.45, 2.75) is 44.5 Å². The van der Waals surface area contributed by atoms with E-state index in [1.807, 2.05) is 0 Å². The molecule has 1 aliphatic rings. The predicted octanol–water partition coefficient (Wildman–Crippen LogP) is 3.03. The van der Waals surface area contributed by atoms with Gasteiger partial charge in [0.1, 0.15) is 5.75 Å². The van der Waals surface area contributed by atoms with Gasteiger partial charge in [-0.1, -0.05) is 6.07 Å². The van der Waals surface area contributed by atoms with Crippen LogP contribution >= 0.6 is 0 Å². The first kappa shape index (κ1) is 21.4. The molecule has 1 aromatic rings. The van der Waals surface area contributed by atoms with E-state index in [1.54, 1.807) is 0 Å². The smallest absolute Gasteiger partial charge is 0.481 e. The van der Waals surface area contributed by atoms with E-state index in [0.29, 0.717) is 24.0 Å². The predicted molar refractivity (Wildman–Crippen MR) is 74.8 cm³/mol. The molecule has 24 heavy (non-hydrogen) atoms. The van der Waals surface area contributed by atoms with Crippen LogP contribution in [0, 0.1) is 13.8 Å². The number of hydrogen-bond donors (Lipinski definition) is 1. The van der Waals surface area contributed by atoms with E-state index >= 15 is 0 Å². The fraction of sp³-hybridized carbons (Fsp3) is 0.500. The molecule has 1 aromatic carbocycles. The van der Waals surface area contributed by atoms with Crippen molar-refractivity contribution in [3.8, 4) is 5.75 Å². The summed E-state index contributed by atoms with van der Waals surface area (Å²) in [5, 5.41) is 8.91. The normalized spacial score (nSPS) is 17.1. The third-order valence-electron chi connectivity index (χ3n) is 3.95. The number of alkyl halides is 3. The number of aliphatic carboxylic acids is 1. The third-order valence-corrected chi connectivity index (χ3v) is 4.91. The van der Waals surface area contributed by atoms with Crippen molar-refractivity contribution in [1.82, 2.24) is 0 Å². The van der Waals surface area contributed by atoms with Gasteiger partial charge in [-0.25, -0.2) is 0 Å². The summed E-state index contributed by atoms with van der Waals surface area (Å²) >= 11 is 0. The van der Waals surface area contributed by atoms with E-state index in [-0.39, 0.29) is 56.4 Å². The SMILES string of the molecule is Cc1cc2c(c(C)c1OS(=O)(=O)C(F)(F)F)CC[C@H]2CC(=O)O.[Y]. The number of benzene rings is 1. The van der Waals surface area contributed by atoms with E-state index < -0.39 is 21.6 Å². The van der Waals surface area contributed by atoms with Crippen molar-refractivity contribution >= 4 is 16.1 Å². The average molecular weight is 441 g/mol. The number of hydrogen-bond acceptors (Lipinski definition) is 4. The Morgan fingerprint density at radius 1 is 1.38 bits per heavy atom. The number of carboxylic acid groups (broad SMARTS) is 1. The number of rotatable bonds is 4. The monoisotopic (exact) mass is 441 g/mol.